The van der Waals surface area contributed by atoms with E-state index in [0.29, 0.717) is 10.8 Å². The van der Waals surface area contributed by atoms with Crippen molar-refractivity contribution in [2.24, 2.45) is 0 Å². The highest BCUT2D eigenvalue weighted by molar-refractivity contribution is 8.00. The number of rotatable bonds is 6. The molecule has 7 heteroatoms. The molecule has 0 unspecified atom stereocenters. The Hall–Kier alpha value is -2.15. The molecule has 1 amide bonds. The van der Waals surface area contributed by atoms with Crippen LogP contribution >= 0.6 is 11.8 Å². The first-order valence-corrected chi connectivity index (χ1v) is 8.52. The fourth-order valence-electron chi connectivity index (χ4n) is 2.16. The van der Waals surface area contributed by atoms with Gasteiger partial charge < -0.3 is 10.1 Å². The second-order valence-electron chi connectivity index (χ2n) is 5.50. The van der Waals surface area contributed by atoms with Gasteiger partial charge in [-0.3, -0.25) is 4.79 Å². The highest BCUT2D eigenvalue weighted by Crippen LogP contribution is 2.28. The fraction of sp³-hybridized carbons (Fsp3) is 0.278. The van der Waals surface area contributed by atoms with Gasteiger partial charge in [0.2, 0.25) is 0 Å². The topological polar surface area (TPSA) is 38.3 Å². The molecule has 0 aliphatic carbocycles. The number of benzene rings is 2. The number of para-hydroxylation sites is 1. The van der Waals surface area contributed by atoms with Gasteiger partial charge >= 0.3 is 6.36 Å². The molecule has 3 nitrogen and oxygen atoms in total. The van der Waals surface area contributed by atoms with Crippen molar-refractivity contribution in [3.63, 3.8) is 0 Å². The average molecular weight is 369 g/mol. The Morgan fingerprint density at radius 1 is 1.12 bits per heavy atom. The van der Waals surface area contributed by atoms with E-state index in [9.17, 15) is 18.0 Å². The summed E-state index contributed by atoms with van der Waals surface area (Å²) in [5, 5.41) is 2.96. The maximum atomic E-state index is 12.4. The van der Waals surface area contributed by atoms with Gasteiger partial charge in [0.15, 0.2) is 0 Å². The maximum Gasteiger partial charge on any atom is 0.573 e. The molecular formula is C18H18F3NO2S. The summed E-state index contributed by atoms with van der Waals surface area (Å²) >= 11 is 1.55. The molecule has 0 aromatic heterocycles. The lowest BCUT2D eigenvalue weighted by molar-refractivity contribution is -0.274. The molecular weight excluding hydrogens is 351 g/mol. The maximum absolute atomic E-state index is 12.4. The minimum Gasteiger partial charge on any atom is -0.405 e. The number of hydrogen-bond donors (Lipinski definition) is 1. The minimum absolute atomic E-state index is 0.0637. The van der Waals surface area contributed by atoms with Gasteiger partial charge in [0.25, 0.3) is 5.91 Å². The number of ether oxygens (including phenoxy) is 1. The molecule has 1 N–H and O–H groups in total. The van der Waals surface area contributed by atoms with Crippen LogP contribution in [0.3, 0.4) is 0 Å². The quantitative estimate of drug-likeness (QED) is 0.727. The zero-order chi connectivity index (χ0) is 18.4. The van der Waals surface area contributed by atoms with Gasteiger partial charge in [-0.2, -0.15) is 0 Å². The van der Waals surface area contributed by atoms with E-state index >= 15 is 0 Å². The van der Waals surface area contributed by atoms with Gasteiger partial charge in [0.1, 0.15) is 5.75 Å². The van der Waals surface area contributed by atoms with E-state index in [2.05, 4.69) is 10.1 Å². The predicted molar refractivity (Wildman–Crippen MR) is 91.7 cm³/mol. The summed E-state index contributed by atoms with van der Waals surface area (Å²) in [6.07, 6.45) is -4.78. The van der Waals surface area contributed by atoms with E-state index < -0.39 is 6.36 Å². The molecule has 2 aromatic rings. The van der Waals surface area contributed by atoms with Gasteiger partial charge in [-0.1, -0.05) is 44.2 Å². The average Bonchev–Trinajstić information content (AvgIpc) is 2.52. The molecule has 0 fully saturated rings. The monoisotopic (exact) mass is 369 g/mol. The van der Waals surface area contributed by atoms with Crippen LogP contribution < -0.4 is 10.1 Å². The molecule has 0 saturated carbocycles. The SMILES string of the molecule is CC(C)Sc1ccccc1C(=O)NCc1ccccc1OC(F)(F)F. The third kappa shape index (κ3) is 6.01. The molecule has 2 rings (SSSR count). The summed E-state index contributed by atoms with van der Waals surface area (Å²) in [5.74, 6) is -0.661. The lowest BCUT2D eigenvalue weighted by Crippen LogP contribution is -2.25. The predicted octanol–water partition coefficient (Wildman–Crippen LogP) is 5.02. The third-order valence-corrected chi connectivity index (χ3v) is 4.21. The van der Waals surface area contributed by atoms with Crippen molar-refractivity contribution in [2.45, 2.75) is 36.9 Å². The van der Waals surface area contributed by atoms with Gasteiger partial charge in [-0.25, -0.2) is 0 Å². The van der Waals surface area contributed by atoms with Gasteiger partial charge in [-0.15, -0.1) is 24.9 Å². The van der Waals surface area contributed by atoms with E-state index in [1.54, 1.807) is 30.0 Å². The van der Waals surface area contributed by atoms with Gasteiger partial charge in [0.05, 0.1) is 5.56 Å². The Labute approximate surface area is 148 Å². The zero-order valence-electron chi connectivity index (χ0n) is 13.8. The number of nitrogens with one attached hydrogen (secondary N) is 1. The van der Waals surface area contributed by atoms with E-state index in [1.807, 2.05) is 26.0 Å². The number of carbonyl (C=O) groups excluding carboxylic acids is 1. The van der Waals surface area contributed by atoms with Crippen LogP contribution in [0.2, 0.25) is 0 Å². The number of thioether (sulfide) groups is 1. The first-order valence-electron chi connectivity index (χ1n) is 7.64. The number of amides is 1. The molecule has 134 valence electrons. The van der Waals surface area contributed by atoms with Crippen molar-refractivity contribution in [1.29, 1.82) is 0 Å². The molecule has 25 heavy (non-hydrogen) atoms. The second kappa shape index (κ2) is 8.29. The normalized spacial score (nSPS) is 11.4. The molecule has 0 aliphatic rings. The summed E-state index contributed by atoms with van der Waals surface area (Å²) in [4.78, 5) is 13.3. The van der Waals surface area contributed by atoms with Crippen LogP contribution in [0.4, 0.5) is 13.2 Å². The van der Waals surface area contributed by atoms with Crippen LogP contribution in [-0.4, -0.2) is 17.5 Å². The Morgan fingerprint density at radius 2 is 1.76 bits per heavy atom. The molecule has 0 saturated heterocycles. The van der Waals surface area contributed by atoms with Gasteiger partial charge in [0, 0.05) is 22.3 Å². The lowest BCUT2D eigenvalue weighted by Gasteiger charge is -2.14. The molecule has 0 atom stereocenters. The highest BCUT2D eigenvalue weighted by atomic mass is 32.2. The van der Waals surface area contributed by atoms with Crippen LogP contribution in [0.25, 0.3) is 0 Å². The number of carbonyl (C=O) groups is 1. The van der Waals surface area contributed by atoms with E-state index in [0.717, 1.165) is 4.90 Å². The van der Waals surface area contributed by atoms with Crippen LogP contribution in [0.1, 0.15) is 29.8 Å². The summed E-state index contributed by atoms with van der Waals surface area (Å²) in [7, 11) is 0. The van der Waals surface area contributed by atoms with Crippen LogP contribution in [0, 0.1) is 0 Å². The molecule has 2 aromatic carbocycles. The van der Waals surface area contributed by atoms with Crippen LogP contribution in [0.5, 0.6) is 5.75 Å². The van der Waals surface area contributed by atoms with Crippen molar-refractivity contribution in [3.8, 4) is 5.75 Å². The lowest BCUT2D eigenvalue weighted by atomic mass is 10.1. The van der Waals surface area contributed by atoms with Crippen LogP contribution in [-0.2, 0) is 6.54 Å². The smallest absolute Gasteiger partial charge is 0.405 e. The molecule has 0 aliphatic heterocycles. The summed E-state index contributed by atoms with van der Waals surface area (Å²) in [5.41, 5.74) is 0.748. The third-order valence-electron chi connectivity index (χ3n) is 3.13. The van der Waals surface area contributed by atoms with E-state index in [1.165, 1.54) is 18.2 Å². The van der Waals surface area contributed by atoms with Crippen molar-refractivity contribution in [1.82, 2.24) is 5.32 Å². The fourth-order valence-corrected chi connectivity index (χ4v) is 3.11. The number of halogens is 3. The largest absolute Gasteiger partial charge is 0.573 e. The Bertz CT molecular complexity index is 732. The van der Waals surface area contributed by atoms with Crippen molar-refractivity contribution in [2.75, 3.05) is 0 Å². The summed E-state index contributed by atoms with van der Waals surface area (Å²) < 4.78 is 41.3. The molecule has 0 spiro atoms. The zero-order valence-corrected chi connectivity index (χ0v) is 14.6. The molecule has 0 bridgehead atoms. The Kier molecular flexibility index (Phi) is 6.36. The second-order valence-corrected chi connectivity index (χ2v) is 7.12. The number of alkyl halides is 3. The molecule has 0 radical (unpaired) electrons. The Balaban J connectivity index is 2.11. The number of hydrogen-bond acceptors (Lipinski definition) is 3. The van der Waals surface area contributed by atoms with Crippen molar-refractivity contribution >= 4 is 17.7 Å². The van der Waals surface area contributed by atoms with Crippen molar-refractivity contribution < 1.29 is 22.7 Å². The van der Waals surface area contributed by atoms with E-state index in [-0.39, 0.29) is 23.8 Å². The molecule has 0 heterocycles. The summed E-state index contributed by atoms with van der Waals surface area (Å²) in [6, 6.07) is 12.9. The Morgan fingerprint density at radius 3 is 2.44 bits per heavy atom. The minimum atomic E-state index is -4.78. The standard InChI is InChI=1S/C18H18F3NO2S/c1-12(2)25-16-10-6-4-8-14(16)17(23)22-11-13-7-3-5-9-15(13)24-18(19,20)21/h3-10,12H,11H2,1-2H3,(H,22,23). The van der Waals surface area contributed by atoms with Crippen molar-refractivity contribution in [3.05, 3.63) is 59.7 Å². The van der Waals surface area contributed by atoms with E-state index in [4.69, 9.17) is 0 Å². The highest BCUT2D eigenvalue weighted by Gasteiger charge is 2.32. The van der Waals surface area contributed by atoms with Crippen LogP contribution in [0.15, 0.2) is 53.4 Å². The van der Waals surface area contributed by atoms with Gasteiger partial charge in [-0.05, 0) is 18.2 Å². The first-order chi connectivity index (χ1) is 11.8. The first kappa shape index (κ1) is 19.2. The summed E-state index contributed by atoms with van der Waals surface area (Å²) in [6.45, 7) is 3.97.